The maximum absolute atomic E-state index is 9.18. The topological polar surface area (TPSA) is 42.4 Å². The number of nitrogens with zero attached hydrogens (tertiary/aromatic N) is 1. The Morgan fingerprint density at radius 2 is 2.25 bits per heavy atom. The molecule has 88 valence electrons. The van der Waals surface area contributed by atoms with Crippen molar-refractivity contribution in [2.45, 2.75) is 51.7 Å². The van der Waals surface area contributed by atoms with E-state index in [1.165, 1.54) is 6.42 Å². The van der Waals surface area contributed by atoms with Crippen LogP contribution in [0.2, 0.25) is 0 Å². The second kappa shape index (κ2) is 5.30. The predicted molar refractivity (Wildman–Crippen MR) is 62.4 cm³/mol. The van der Waals surface area contributed by atoms with Crippen molar-refractivity contribution in [2.75, 3.05) is 0 Å². The van der Waals surface area contributed by atoms with Gasteiger partial charge in [0.05, 0.1) is 6.61 Å². The molecule has 1 fully saturated rings. The number of pyridine rings is 1. The second-order valence-electron chi connectivity index (χ2n) is 4.38. The van der Waals surface area contributed by atoms with E-state index in [1.54, 1.807) is 0 Å². The van der Waals surface area contributed by atoms with E-state index in [9.17, 15) is 5.11 Å². The van der Waals surface area contributed by atoms with E-state index >= 15 is 0 Å². The minimum atomic E-state index is 0.0558. The third-order valence-corrected chi connectivity index (χ3v) is 2.94. The summed E-state index contributed by atoms with van der Waals surface area (Å²) in [4.78, 5) is 4.46. The average Bonchev–Trinajstić information content (AvgIpc) is 2.24. The van der Waals surface area contributed by atoms with Gasteiger partial charge in [-0.25, -0.2) is 4.98 Å². The maximum Gasteiger partial charge on any atom is 0.214 e. The molecule has 1 aliphatic rings. The van der Waals surface area contributed by atoms with Crippen LogP contribution in [0.15, 0.2) is 12.1 Å². The normalized spacial score (nSPS) is 15.9. The molecule has 2 rings (SSSR count). The number of ether oxygens (including phenoxy) is 1. The van der Waals surface area contributed by atoms with Gasteiger partial charge < -0.3 is 9.84 Å². The molecule has 0 spiro atoms. The van der Waals surface area contributed by atoms with Crippen molar-refractivity contribution in [1.29, 1.82) is 0 Å². The summed E-state index contributed by atoms with van der Waals surface area (Å²) in [7, 11) is 0. The molecule has 0 radical (unpaired) electrons. The summed E-state index contributed by atoms with van der Waals surface area (Å²) in [5, 5.41) is 9.18. The van der Waals surface area contributed by atoms with Gasteiger partial charge in [-0.15, -0.1) is 0 Å². The van der Waals surface area contributed by atoms with E-state index in [1.807, 2.05) is 12.1 Å². The molecule has 0 aromatic carbocycles. The first kappa shape index (κ1) is 11.4. The van der Waals surface area contributed by atoms with Gasteiger partial charge in [0.25, 0.3) is 0 Å². The van der Waals surface area contributed by atoms with Gasteiger partial charge in [0.1, 0.15) is 6.10 Å². The molecule has 0 saturated heterocycles. The van der Waals surface area contributed by atoms with E-state index in [-0.39, 0.29) is 6.61 Å². The molecule has 0 aliphatic heterocycles. The van der Waals surface area contributed by atoms with E-state index < -0.39 is 0 Å². The lowest BCUT2D eigenvalue weighted by molar-refractivity contribution is 0.114. The van der Waals surface area contributed by atoms with Gasteiger partial charge >= 0.3 is 0 Å². The van der Waals surface area contributed by atoms with Crippen molar-refractivity contribution in [1.82, 2.24) is 4.98 Å². The van der Waals surface area contributed by atoms with Crippen molar-refractivity contribution >= 4 is 0 Å². The highest BCUT2D eigenvalue weighted by molar-refractivity contribution is 5.25. The molecule has 0 bridgehead atoms. The quantitative estimate of drug-likeness (QED) is 0.830. The SMILES string of the molecule is CCCc1cc(CO)cc(OC2CCC2)n1. The summed E-state index contributed by atoms with van der Waals surface area (Å²) in [6.45, 7) is 2.18. The molecule has 0 unspecified atom stereocenters. The van der Waals surface area contributed by atoms with Crippen LogP contribution < -0.4 is 4.74 Å². The minimum Gasteiger partial charge on any atom is -0.474 e. The number of hydrogen-bond donors (Lipinski definition) is 1. The largest absolute Gasteiger partial charge is 0.474 e. The van der Waals surface area contributed by atoms with Crippen LogP contribution in [0.25, 0.3) is 0 Å². The van der Waals surface area contributed by atoms with E-state index in [0.717, 1.165) is 36.9 Å². The molecule has 1 heterocycles. The number of aliphatic hydroxyl groups is 1. The molecular weight excluding hydrogens is 202 g/mol. The minimum absolute atomic E-state index is 0.0558. The Labute approximate surface area is 96.5 Å². The third kappa shape index (κ3) is 2.73. The van der Waals surface area contributed by atoms with Crippen molar-refractivity contribution in [3.63, 3.8) is 0 Å². The van der Waals surface area contributed by atoms with Crippen LogP contribution in [0.5, 0.6) is 5.88 Å². The van der Waals surface area contributed by atoms with E-state index in [4.69, 9.17) is 4.74 Å². The average molecular weight is 221 g/mol. The Bertz CT molecular complexity index is 348. The summed E-state index contributed by atoms with van der Waals surface area (Å²) < 4.78 is 5.76. The highest BCUT2D eigenvalue weighted by atomic mass is 16.5. The number of hydrogen-bond acceptors (Lipinski definition) is 3. The van der Waals surface area contributed by atoms with Gasteiger partial charge in [-0.1, -0.05) is 13.3 Å². The zero-order valence-corrected chi connectivity index (χ0v) is 9.78. The van der Waals surface area contributed by atoms with E-state index in [0.29, 0.717) is 12.0 Å². The van der Waals surface area contributed by atoms with Crippen LogP contribution in [-0.4, -0.2) is 16.2 Å². The van der Waals surface area contributed by atoms with Gasteiger partial charge in [-0.05, 0) is 37.3 Å². The van der Waals surface area contributed by atoms with Gasteiger partial charge in [-0.3, -0.25) is 0 Å². The Balaban J connectivity index is 2.11. The number of aliphatic hydroxyl groups excluding tert-OH is 1. The highest BCUT2D eigenvalue weighted by Gasteiger charge is 2.19. The smallest absolute Gasteiger partial charge is 0.214 e. The van der Waals surface area contributed by atoms with Crippen LogP contribution in [0.3, 0.4) is 0 Å². The Kier molecular flexibility index (Phi) is 3.78. The zero-order valence-electron chi connectivity index (χ0n) is 9.78. The lowest BCUT2D eigenvalue weighted by atomic mass is 9.96. The van der Waals surface area contributed by atoms with Gasteiger partial charge in [0.15, 0.2) is 0 Å². The standard InChI is InChI=1S/C13H19NO2/c1-2-4-11-7-10(9-15)8-13(14-11)16-12-5-3-6-12/h7-8,12,15H,2-6,9H2,1H3. The van der Waals surface area contributed by atoms with Crippen molar-refractivity contribution in [3.05, 3.63) is 23.4 Å². The number of aryl methyl sites for hydroxylation is 1. The predicted octanol–water partition coefficient (Wildman–Crippen LogP) is 2.46. The summed E-state index contributed by atoms with van der Waals surface area (Å²) in [5.41, 5.74) is 1.91. The fraction of sp³-hybridized carbons (Fsp3) is 0.615. The fourth-order valence-corrected chi connectivity index (χ4v) is 1.82. The first-order valence-corrected chi connectivity index (χ1v) is 6.09. The molecule has 1 aromatic heterocycles. The van der Waals surface area contributed by atoms with Gasteiger partial charge in [0.2, 0.25) is 5.88 Å². The summed E-state index contributed by atoms with van der Waals surface area (Å²) >= 11 is 0. The Hall–Kier alpha value is -1.09. The zero-order chi connectivity index (χ0) is 11.4. The Morgan fingerprint density at radius 3 is 2.81 bits per heavy atom. The molecule has 3 nitrogen and oxygen atoms in total. The fourth-order valence-electron chi connectivity index (χ4n) is 1.82. The van der Waals surface area contributed by atoms with Crippen LogP contribution in [0.4, 0.5) is 0 Å². The molecule has 1 N–H and O–H groups in total. The van der Waals surface area contributed by atoms with Gasteiger partial charge in [-0.2, -0.15) is 0 Å². The van der Waals surface area contributed by atoms with Crippen molar-refractivity contribution in [3.8, 4) is 5.88 Å². The molecule has 0 amide bonds. The molecule has 0 atom stereocenters. The molecule has 1 aliphatic carbocycles. The lowest BCUT2D eigenvalue weighted by Crippen LogP contribution is -2.25. The van der Waals surface area contributed by atoms with Crippen LogP contribution in [-0.2, 0) is 13.0 Å². The van der Waals surface area contributed by atoms with E-state index in [2.05, 4.69) is 11.9 Å². The summed E-state index contributed by atoms with van der Waals surface area (Å²) in [6, 6.07) is 3.80. The number of rotatable bonds is 5. The van der Waals surface area contributed by atoms with Crippen LogP contribution in [0, 0.1) is 0 Å². The molecule has 1 saturated carbocycles. The molecule has 3 heteroatoms. The Morgan fingerprint density at radius 1 is 1.44 bits per heavy atom. The summed E-state index contributed by atoms with van der Waals surface area (Å²) in [6.07, 6.45) is 5.87. The molecular formula is C13H19NO2. The maximum atomic E-state index is 9.18. The van der Waals surface area contributed by atoms with Gasteiger partial charge in [0, 0.05) is 11.8 Å². The first-order valence-electron chi connectivity index (χ1n) is 6.09. The lowest BCUT2D eigenvalue weighted by Gasteiger charge is -2.26. The van der Waals surface area contributed by atoms with Crippen molar-refractivity contribution in [2.24, 2.45) is 0 Å². The second-order valence-corrected chi connectivity index (χ2v) is 4.38. The number of aromatic nitrogens is 1. The third-order valence-electron chi connectivity index (χ3n) is 2.94. The molecule has 16 heavy (non-hydrogen) atoms. The van der Waals surface area contributed by atoms with Crippen molar-refractivity contribution < 1.29 is 9.84 Å². The molecule has 1 aromatic rings. The summed E-state index contributed by atoms with van der Waals surface area (Å²) in [5.74, 6) is 0.680. The monoisotopic (exact) mass is 221 g/mol. The van der Waals surface area contributed by atoms with Crippen LogP contribution >= 0.6 is 0 Å². The first-order chi connectivity index (χ1) is 7.81. The highest BCUT2D eigenvalue weighted by Crippen LogP contribution is 2.25. The van der Waals surface area contributed by atoms with Crippen LogP contribution in [0.1, 0.15) is 43.9 Å².